The Morgan fingerprint density at radius 1 is 1.03 bits per heavy atom. The van der Waals surface area contributed by atoms with Gasteiger partial charge in [0.2, 0.25) is 0 Å². The van der Waals surface area contributed by atoms with E-state index in [1.54, 1.807) is 39.8 Å². The van der Waals surface area contributed by atoms with Gasteiger partial charge in [-0.3, -0.25) is 24.0 Å². The van der Waals surface area contributed by atoms with Crippen molar-refractivity contribution in [3.63, 3.8) is 0 Å². The monoisotopic (exact) mass is 510 g/mol. The van der Waals surface area contributed by atoms with E-state index < -0.39 is 80.9 Å². The summed E-state index contributed by atoms with van der Waals surface area (Å²) in [6.07, 6.45) is -0.195. The number of phenolic OH excluding ortho intramolecular Hbond substituents is 1. The Kier molecular flexibility index (Phi) is 6.03. The number of ketones is 6. The third-order valence-electron chi connectivity index (χ3n) is 9.90. The van der Waals surface area contributed by atoms with Crippen LogP contribution in [0.5, 0.6) is 5.75 Å². The number of benzene rings is 1. The number of hydrogen-bond donors (Lipinski definition) is 2. The predicted octanol–water partition coefficient (Wildman–Crippen LogP) is 2.86. The van der Waals surface area contributed by atoms with E-state index in [-0.39, 0.29) is 23.5 Å². The quantitative estimate of drug-likeness (QED) is 0.589. The first kappa shape index (κ1) is 27.0. The van der Waals surface area contributed by atoms with E-state index in [9.17, 15) is 39.0 Å². The molecule has 0 radical (unpaired) electrons. The second kappa shape index (κ2) is 8.25. The maximum atomic E-state index is 14.4. The van der Waals surface area contributed by atoms with Gasteiger partial charge in [-0.25, -0.2) is 0 Å². The Morgan fingerprint density at radius 2 is 1.62 bits per heavy atom. The molecule has 8 nitrogen and oxygen atoms in total. The molecule has 198 valence electrons. The first-order chi connectivity index (χ1) is 17.0. The zero-order valence-corrected chi connectivity index (χ0v) is 22.2. The Bertz CT molecular complexity index is 1280. The molecule has 3 aliphatic carbocycles. The zero-order chi connectivity index (χ0) is 28.0. The molecule has 2 saturated carbocycles. The zero-order valence-electron chi connectivity index (χ0n) is 22.2. The fourth-order valence-corrected chi connectivity index (χ4v) is 8.24. The van der Waals surface area contributed by atoms with Crippen molar-refractivity contribution in [2.75, 3.05) is 0 Å². The average Bonchev–Trinajstić information content (AvgIpc) is 2.78. The number of rotatable bonds is 4. The molecular weight excluding hydrogens is 476 g/mol. The van der Waals surface area contributed by atoms with Gasteiger partial charge in [-0.2, -0.15) is 0 Å². The fraction of sp³-hybridized carbons (Fsp3) is 0.586. The highest BCUT2D eigenvalue weighted by Crippen LogP contribution is 2.70. The van der Waals surface area contributed by atoms with Gasteiger partial charge in [-0.05, 0) is 48.6 Å². The third-order valence-corrected chi connectivity index (χ3v) is 9.90. The summed E-state index contributed by atoms with van der Waals surface area (Å²) in [4.78, 5) is 81.2. The van der Waals surface area contributed by atoms with Gasteiger partial charge in [-0.15, -0.1) is 0 Å². The largest absolute Gasteiger partial charge is 0.507 e. The summed E-state index contributed by atoms with van der Waals surface area (Å²) in [7, 11) is 0. The minimum Gasteiger partial charge on any atom is -0.507 e. The molecule has 0 saturated heterocycles. The van der Waals surface area contributed by atoms with Gasteiger partial charge in [0, 0.05) is 17.8 Å². The van der Waals surface area contributed by atoms with E-state index in [0.717, 1.165) is 6.92 Å². The number of carbonyl (C=O) groups is 6. The van der Waals surface area contributed by atoms with E-state index in [4.69, 9.17) is 0 Å². The molecule has 0 spiro atoms. The SMILES string of the molecule is CC(=O)C[C@@H]1[C@]2(C)C(C(=O)c3c(O)cccc3[C@H]2C)C(=O)[C@@]2(O)C(=O)C(C(C)=O)C(=O)C(C(C)C)[C@@]12C. The lowest BCUT2D eigenvalue weighted by molar-refractivity contribution is -0.225. The Morgan fingerprint density at radius 3 is 2.14 bits per heavy atom. The van der Waals surface area contributed by atoms with Crippen LogP contribution in [-0.4, -0.2) is 50.5 Å². The smallest absolute Gasteiger partial charge is 0.190 e. The van der Waals surface area contributed by atoms with E-state index >= 15 is 0 Å². The van der Waals surface area contributed by atoms with Crippen LogP contribution in [0.1, 0.15) is 76.7 Å². The van der Waals surface area contributed by atoms with Crippen molar-refractivity contribution < 1.29 is 39.0 Å². The van der Waals surface area contributed by atoms with Crippen LogP contribution in [0.2, 0.25) is 0 Å². The molecule has 8 heteroatoms. The summed E-state index contributed by atoms with van der Waals surface area (Å²) in [6.45, 7) is 10.8. The van der Waals surface area contributed by atoms with Gasteiger partial charge < -0.3 is 15.0 Å². The second-order valence-electron chi connectivity index (χ2n) is 12.0. The van der Waals surface area contributed by atoms with Crippen molar-refractivity contribution >= 4 is 34.7 Å². The highest BCUT2D eigenvalue weighted by atomic mass is 16.3. The van der Waals surface area contributed by atoms with Crippen LogP contribution in [0.15, 0.2) is 18.2 Å². The van der Waals surface area contributed by atoms with Gasteiger partial charge in [0.25, 0.3) is 0 Å². The van der Waals surface area contributed by atoms with Crippen LogP contribution in [0.4, 0.5) is 0 Å². The summed E-state index contributed by atoms with van der Waals surface area (Å²) in [5.74, 6) is -11.6. The summed E-state index contributed by atoms with van der Waals surface area (Å²) in [6, 6.07) is 4.60. The normalized spacial score (nSPS) is 39.2. The molecule has 3 aliphatic rings. The van der Waals surface area contributed by atoms with Crippen molar-refractivity contribution in [3.8, 4) is 5.75 Å². The maximum absolute atomic E-state index is 14.4. The number of phenols is 1. The topological polar surface area (TPSA) is 143 Å². The summed E-state index contributed by atoms with van der Waals surface area (Å²) in [5.41, 5.74) is -5.46. The highest BCUT2D eigenvalue weighted by Gasteiger charge is 2.80. The van der Waals surface area contributed by atoms with Gasteiger partial charge in [0.05, 0.1) is 11.5 Å². The van der Waals surface area contributed by atoms with Gasteiger partial charge in [0.15, 0.2) is 28.7 Å². The van der Waals surface area contributed by atoms with E-state index in [1.165, 1.54) is 19.9 Å². The molecule has 0 amide bonds. The third kappa shape index (κ3) is 3.05. The van der Waals surface area contributed by atoms with Crippen molar-refractivity contribution in [3.05, 3.63) is 29.3 Å². The van der Waals surface area contributed by atoms with Crippen LogP contribution < -0.4 is 0 Å². The molecule has 1 aromatic carbocycles. The molecule has 4 rings (SSSR count). The van der Waals surface area contributed by atoms with Gasteiger partial charge in [0.1, 0.15) is 23.2 Å². The Balaban J connectivity index is 2.15. The molecule has 37 heavy (non-hydrogen) atoms. The average molecular weight is 511 g/mol. The molecule has 0 aromatic heterocycles. The highest BCUT2D eigenvalue weighted by molar-refractivity contribution is 6.32. The van der Waals surface area contributed by atoms with Crippen molar-refractivity contribution in [2.24, 2.45) is 40.4 Å². The van der Waals surface area contributed by atoms with Crippen molar-refractivity contribution in [2.45, 2.75) is 66.4 Å². The van der Waals surface area contributed by atoms with Crippen LogP contribution in [0.3, 0.4) is 0 Å². The number of hydrogen-bond acceptors (Lipinski definition) is 8. The Labute approximate surface area is 215 Å². The van der Waals surface area contributed by atoms with E-state index in [2.05, 4.69) is 0 Å². The molecule has 0 bridgehead atoms. The number of carbonyl (C=O) groups excluding carboxylic acids is 6. The number of aliphatic hydroxyl groups is 1. The van der Waals surface area contributed by atoms with Crippen molar-refractivity contribution in [1.82, 2.24) is 0 Å². The fourth-order valence-electron chi connectivity index (χ4n) is 8.24. The van der Waals surface area contributed by atoms with Gasteiger partial charge in [-0.1, -0.05) is 46.8 Å². The van der Waals surface area contributed by atoms with Crippen LogP contribution >= 0.6 is 0 Å². The van der Waals surface area contributed by atoms with Crippen LogP contribution in [0, 0.1) is 40.4 Å². The lowest BCUT2D eigenvalue weighted by Gasteiger charge is -2.67. The molecule has 8 atom stereocenters. The summed E-state index contributed by atoms with van der Waals surface area (Å²) in [5, 5.41) is 22.8. The summed E-state index contributed by atoms with van der Waals surface area (Å²) >= 11 is 0. The lowest BCUT2D eigenvalue weighted by Crippen LogP contribution is -2.80. The molecule has 1 aromatic rings. The molecule has 0 heterocycles. The predicted molar refractivity (Wildman–Crippen MR) is 132 cm³/mol. The minimum atomic E-state index is -2.85. The molecule has 3 unspecified atom stereocenters. The summed E-state index contributed by atoms with van der Waals surface area (Å²) < 4.78 is 0. The maximum Gasteiger partial charge on any atom is 0.190 e. The number of Topliss-reactive ketones (excluding diaryl/α,β-unsaturated/α-hetero) is 6. The molecule has 2 fully saturated rings. The van der Waals surface area contributed by atoms with Crippen molar-refractivity contribution in [1.29, 1.82) is 0 Å². The second-order valence-corrected chi connectivity index (χ2v) is 12.0. The lowest BCUT2D eigenvalue weighted by atomic mass is 9.34. The molecule has 0 aliphatic heterocycles. The molecule has 2 N–H and O–H groups in total. The van der Waals surface area contributed by atoms with E-state index in [1.807, 2.05) is 0 Å². The minimum absolute atomic E-state index is 0.0533. The van der Waals surface area contributed by atoms with Gasteiger partial charge >= 0.3 is 0 Å². The van der Waals surface area contributed by atoms with Crippen LogP contribution in [-0.2, 0) is 24.0 Å². The number of aromatic hydroxyl groups is 1. The van der Waals surface area contributed by atoms with Crippen LogP contribution in [0.25, 0.3) is 0 Å². The first-order valence-electron chi connectivity index (χ1n) is 12.7. The number of fused-ring (bicyclic) bond motifs is 3. The molecular formula is C29H34O8. The van der Waals surface area contributed by atoms with E-state index in [0.29, 0.717) is 5.56 Å². The Hall–Kier alpha value is -3.00. The standard InChI is InChI=1S/C29H34O8/c1-12(2)21-23(33)19(15(5)31)25(35)29(37)26(36)22-24(34)20-16(9-8-10-17(20)32)14(4)27(22,6)18(11-13(3)30)28(21,29)7/h8-10,12,14,18-19,21-22,32,37H,11H2,1-7H3/t14-,18-,19?,21?,22?,27-,28-,29+/m1/s1. The first-order valence-corrected chi connectivity index (χ1v) is 12.7.